The predicted octanol–water partition coefficient (Wildman–Crippen LogP) is 2.86. The number of nitrogens with one attached hydrogen (secondary N) is 2. The molecule has 2 N–H and O–H groups in total. The van der Waals surface area contributed by atoms with Crippen LogP contribution >= 0.6 is 0 Å². The molecule has 0 aliphatic rings. The summed E-state index contributed by atoms with van der Waals surface area (Å²) in [7, 11) is 1.56. The van der Waals surface area contributed by atoms with Crippen LogP contribution in [0.15, 0.2) is 24.4 Å². The van der Waals surface area contributed by atoms with E-state index in [1.165, 1.54) is 0 Å². The second-order valence-electron chi connectivity index (χ2n) is 6.44. The molecule has 26 heavy (non-hydrogen) atoms. The highest BCUT2D eigenvalue weighted by Crippen LogP contribution is 2.23. The standard InChI is InChI=1S/C19H26N4O3/c1-6-23-11-15(17(22-23)19(25)20-10-12(2)3)21-18(24)14-8-7-9-16(26-5)13(14)4/h7-9,11-12H,6,10H2,1-5H3,(H,20,25)(H,21,24). The fraction of sp³-hybridized carbons (Fsp3) is 0.421. The van der Waals surface area contributed by atoms with E-state index >= 15 is 0 Å². The Morgan fingerprint density at radius 3 is 2.62 bits per heavy atom. The minimum absolute atomic E-state index is 0.210. The Bertz CT molecular complexity index is 796. The monoisotopic (exact) mass is 358 g/mol. The van der Waals surface area contributed by atoms with Gasteiger partial charge in [-0.3, -0.25) is 14.3 Å². The van der Waals surface area contributed by atoms with Crippen molar-refractivity contribution in [1.29, 1.82) is 0 Å². The maximum atomic E-state index is 12.7. The van der Waals surface area contributed by atoms with Crippen molar-refractivity contribution in [2.45, 2.75) is 34.2 Å². The van der Waals surface area contributed by atoms with Crippen LogP contribution in [0.5, 0.6) is 5.75 Å². The summed E-state index contributed by atoms with van der Waals surface area (Å²) >= 11 is 0. The second-order valence-corrected chi connectivity index (χ2v) is 6.44. The Balaban J connectivity index is 2.27. The number of benzene rings is 1. The van der Waals surface area contributed by atoms with E-state index in [0.717, 1.165) is 5.56 Å². The average Bonchev–Trinajstić information content (AvgIpc) is 3.02. The topological polar surface area (TPSA) is 85.2 Å². The number of amides is 2. The molecular weight excluding hydrogens is 332 g/mol. The van der Waals surface area contributed by atoms with Crippen LogP contribution in [0.3, 0.4) is 0 Å². The number of rotatable bonds is 7. The Hall–Kier alpha value is -2.83. The predicted molar refractivity (Wildman–Crippen MR) is 101 cm³/mol. The molecule has 0 bridgehead atoms. The summed E-state index contributed by atoms with van der Waals surface area (Å²) in [5, 5.41) is 9.91. The number of nitrogens with zero attached hydrogens (tertiary/aromatic N) is 2. The van der Waals surface area contributed by atoms with Crippen molar-refractivity contribution < 1.29 is 14.3 Å². The fourth-order valence-electron chi connectivity index (χ4n) is 2.49. The quantitative estimate of drug-likeness (QED) is 0.797. The van der Waals surface area contributed by atoms with E-state index in [4.69, 9.17) is 4.74 Å². The summed E-state index contributed by atoms with van der Waals surface area (Å²) in [4.78, 5) is 25.1. The summed E-state index contributed by atoms with van der Waals surface area (Å²) in [5.41, 5.74) is 1.82. The molecule has 1 aromatic heterocycles. The van der Waals surface area contributed by atoms with Crippen molar-refractivity contribution in [2.24, 2.45) is 5.92 Å². The van der Waals surface area contributed by atoms with Crippen LogP contribution in [0.1, 0.15) is 47.2 Å². The van der Waals surface area contributed by atoms with Gasteiger partial charge in [0.25, 0.3) is 11.8 Å². The molecule has 0 saturated carbocycles. The van der Waals surface area contributed by atoms with Gasteiger partial charge in [0.1, 0.15) is 5.75 Å². The van der Waals surface area contributed by atoms with Crippen molar-refractivity contribution in [3.05, 3.63) is 41.2 Å². The molecule has 0 saturated heterocycles. The van der Waals surface area contributed by atoms with Gasteiger partial charge in [-0.15, -0.1) is 0 Å². The number of anilines is 1. The molecule has 1 aromatic carbocycles. The zero-order chi connectivity index (χ0) is 19.3. The van der Waals surface area contributed by atoms with Crippen LogP contribution < -0.4 is 15.4 Å². The highest BCUT2D eigenvalue weighted by atomic mass is 16.5. The summed E-state index contributed by atoms with van der Waals surface area (Å²) < 4.78 is 6.89. The van der Waals surface area contributed by atoms with E-state index in [-0.39, 0.29) is 17.5 Å². The third-order valence-corrected chi connectivity index (χ3v) is 3.97. The van der Waals surface area contributed by atoms with Gasteiger partial charge < -0.3 is 15.4 Å². The first-order valence-corrected chi connectivity index (χ1v) is 8.67. The average molecular weight is 358 g/mol. The summed E-state index contributed by atoms with van der Waals surface area (Å²) in [5.74, 6) is 0.347. The van der Waals surface area contributed by atoms with Crippen molar-refractivity contribution in [1.82, 2.24) is 15.1 Å². The molecule has 2 rings (SSSR count). The zero-order valence-corrected chi connectivity index (χ0v) is 15.9. The third kappa shape index (κ3) is 4.41. The van der Waals surface area contributed by atoms with Crippen LogP contribution in [0, 0.1) is 12.8 Å². The second kappa shape index (κ2) is 8.51. The van der Waals surface area contributed by atoms with Crippen molar-refractivity contribution >= 4 is 17.5 Å². The number of ether oxygens (including phenoxy) is 1. The highest BCUT2D eigenvalue weighted by molar-refractivity contribution is 6.09. The lowest BCUT2D eigenvalue weighted by atomic mass is 10.1. The molecule has 0 aliphatic heterocycles. The van der Waals surface area contributed by atoms with Gasteiger partial charge in [-0.2, -0.15) is 5.10 Å². The number of aromatic nitrogens is 2. The number of aryl methyl sites for hydroxylation is 1. The SMILES string of the molecule is CCn1cc(NC(=O)c2cccc(OC)c2C)c(C(=O)NCC(C)C)n1. The fourth-order valence-corrected chi connectivity index (χ4v) is 2.49. The van der Waals surface area contributed by atoms with Gasteiger partial charge in [-0.25, -0.2) is 0 Å². The van der Waals surface area contributed by atoms with Gasteiger partial charge in [-0.05, 0) is 31.9 Å². The molecule has 0 atom stereocenters. The summed E-state index contributed by atoms with van der Waals surface area (Å²) in [6.07, 6.45) is 1.66. The number of hydrogen-bond donors (Lipinski definition) is 2. The maximum Gasteiger partial charge on any atom is 0.273 e. The Morgan fingerprint density at radius 2 is 2.00 bits per heavy atom. The third-order valence-electron chi connectivity index (χ3n) is 3.97. The molecule has 7 heteroatoms. The molecule has 0 unspecified atom stereocenters. The van der Waals surface area contributed by atoms with E-state index < -0.39 is 0 Å². The smallest absolute Gasteiger partial charge is 0.273 e. The van der Waals surface area contributed by atoms with Crippen LogP contribution in [-0.2, 0) is 6.54 Å². The largest absolute Gasteiger partial charge is 0.496 e. The van der Waals surface area contributed by atoms with Crippen molar-refractivity contribution in [2.75, 3.05) is 19.0 Å². The molecule has 0 fully saturated rings. The van der Waals surface area contributed by atoms with E-state index in [1.54, 1.807) is 36.2 Å². The van der Waals surface area contributed by atoms with E-state index in [0.29, 0.717) is 36.0 Å². The first-order valence-electron chi connectivity index (χ1n) is 8.67. The van der Waals surface area contributed by atoms with Gasteiger partial charge in [-0.1, -0.05) is 19.9 Å². The van der Waals surface area contributed by atoms with Gasteiger partial charge in [0.2, 0.25) is 0 Å². The number of hydrogen-bond acceptors (Lipinski definition) is 4. The van der Waals surface area contributed by atoms with Crippen molar-refractivity contribution in [3.63, 3.8) is 0 Å². The van der Waals surface area contributed by atoms with E-state index in [9.17, 15) is 9.59 Å². The van der Waals surface area contributed by atoms with Crippen LogP contribution in [0.25, 0.3) is 0 Å². The highest BCUT2D eigenvalue weighted by Gasteiger charge is 2.20. The molecule has 2 aromatic rings. The van der Waals surface area contributed by atoms with Crippen LogP contribution in [-0.4, -0.2) is 35.2 Å². The van der Waals surface area contributed by atoms with Gasteiger partial charge in [0, 0.05) is 30.4 Å². The minimum Gasteiger partial charge on any atom is -0.496 e. The van der Waals surface area contributed by atoms with Gasteiger partial charge in [0.05, 0.1) is 12.8 Å². The molecule has 140 valence electrons. The first kappa shape index (κ1) is 19.5. The Morgan fingerprint density at radius 1 is 1.27 bits per heavy atom. The van der Waals surface area contributed by atoms with Crippen LogP contribution in [0.4, 0.5) is 5.69 Å². The van der Waals surface area contributed by atoms with E-state index in [1.807, 2.05) is 27.7 Å². The minimum atomic E-state index is -0.310. The van der Waals surface area contributed by atoms with Gasteiger partial charge in [0.15, 0.2) is 5.69 Å². The number of carbonyl (C=O) groups excluding carboxylic acids is 2. The number of methoxy groups -OCH3 is 1. The summed E-state index contributed by atoms with van der Waals surface area (Å²) in [6.45, 7) is 8.90. The summed E-state index contributed by atoms with van der Waals surface area (Å²) in [6, 6.07) is 5.27. The molecule has 7 nitrogen and oxygen atoms in total. The molecule has 1 heterocycles. The molecule has 0 aliphatic carbocycles. The molecule has 2 amide bonds. The molecular formula is C19H26N4O3. The first-order chi connectivity index (χ1) is 12.4. The van der Waals surface area contributed by atoms with E-state index in [2.05, 4.69) is 15.7 Å². The Kier molecular flexibility index (Phi) is 6.38. The van der Waals surface area contributed by atoms with Crippen molar-refractivity contribution in [3.8, 4) is 5.75 Å². The molecule has 0 radical (unpaired) electrons. The van der Waals surface area contributed by atoms with Crippen LogP contribution in [0.2, 0.25) is 0 Å². The zero-order valence-electron chi connectivity index (χ0n) is 15.9. The lowest BCUT2D eigenvalue weighted by molar-refractivity contribution is 0.0944. The lowest BCUT2D eigenvalue weighted by Crippen LogP contribution is -2.29. The number of carbonyl (C=O) groups is 2. The molecule has 0 spiro atoms. The lowest BCUT2D eigenvalue weighted by Gasteiger charge is -2.11. The normalized spacial score (nSPS) is 10.7. The Labute approximate surface area is 153 Å². The van der Waals surface area contributed by atoms with Gasteiger partial charge >= 0.3 is 0 Å². The maximum absolute atomic E-state index is 12.7.